The highest BCUT2D eigenvalue weighted by Gasteiger charge is 2.18. The third-order valence-electron chi connectivity index (χ3n) is 5.59. The zero-order valence-corrected chi connectivity index (χ0v) is 19.7. The number of aliphatic hydroxyl groups is 2. The number of non-ortho nitro benzene ring substituents is 1. The maximum atomic E-state index is 11.0. The van der Waals surface area contributed by atoms with Crippen LogP contribution in [0.3, 0.4) is 0 Å². The molecule has 0 saturated heterocycles. The van der Waals surface area contributed by atoms with Gasteiger partial charge in [-0.2, -0.15) is 9.97 Å². The predicted octanol–water partition coefficient (Wildman–Crippen LogP) is 2.19. The Kier molecular flexibility index (Phi) is 7.88. The largest absolute Gasteiger partial charge is 0.497 e. The molecule has 0 atom stereocenters. The van der Waals surface area contributed by atoms with Gasteiger partial charge in [-0.15, -0.1) is 0 Å². The molecule has 0 unspecified atom stereocenters. The normalized spacial score (nSPS) is 11.0. The van der Waals surface area contributed by atoms with Crippen LogP contribution in [0, 0.1) is 10.1 Å². The van der Waals surface area contributed by atoms with Crippen molar-refractivity contribution in [3.8, 4) is 5.75 Å². The summed E-state index contributed by atoms with van der Waals surface area (Å²) in [6.07, 6.45) is 1.64. The number of imidazole rings is 1. The maximum Gasteiger partial charge on any atom is 0.269 e. The fourth-order valence-corrected chi connectivity index (χ4v) is 3.72. The monoisotopic (exact) mass is 493 g/mol. The number of nitrogens with one attached hydrogen (secondary N) is 1. The first-order valence-electron chi connectivity index (χ1n) is 11.3. The Balaban J connectivity index is 1.68. The molecule has 2 aromatic heterocycles. The van der Waals surface area contributed by atoms with Crippen molar-refractivity contribution in [2.75, 3.05) is 43.6 Å². The minimum atomic E-state index is -0.437. The molecule has 36 heavy (non-hydrogen) atoms. The van der Waals surface area contributed by atoms with Gasteiger partial charge >= 0.3 is 0 Å². The molecule has 0 radical (unpaired) electrons. The van der Waals surface area contributed by atoms with Crippen LogP contribution < -0.4 is 15.0 Å². The van der Waals surface area contributed by atoms with E-state index in [0.29, 0.717) is 36.0 Å². The number of hydrogen-bond acceptors (Lipinski definition) is 10. The number of methoxy groups -OCH3 is 1. The lowest BCUT2D eigenvalue weighted by molar-refractivity contribution is -0.384. The molecule has 2 heterocycles. The summed E-state index contributed by atoms with van der Waals surface area (Å²) in [5.41, 5.74) is 2.98. The van der Waals surface area contributed by atoms with Crippen molar-refractivity contribution in [1.29, 1.82) is 0 Å². The van der Waals surface area contributed by atoms with Crippen LogP contribution in [0.25, 0.3) is 11.2 Å². The van der Waals surface area contributed by atoms with E-state index in [2.05, 4.69) is 20.3 Å². The van der Waals surface area contributed by atoms with E-state index in [4.69, 9.17) is 4.74 Å². The Labute approximate surface area is 207 Å². The molecule has 0 aliphatic heterocycles. The van der Waals surface area contributed by atoms with Gasteiger partial charge in [0.1, 0.15) is 5.75 Å². The van der Waals surface area contributed by atoms with Gasteiger partial charge in [-0.1, -0.05) is 24.3 Å². The molecule has 4 rings (SSSR count). The Morgan fingerprint density at radius 2 is 1.69 bits per heavy atom. The second-order valence-corrected chi connectivity index (χ2v) is 7.98. The third-order valence-corrected chi connectivity index (χ3v) is 5.59. The summed E-state index contributed by atoms with van der Waals surface area (Å²) in [6.45, 7) is 1.12. The molecular formula is C24H27N7O5. The summed E-state index contributed by atoms with van der Waals surface area (Å²) in [5, 5.41) is 33.3. The summed E-state index contributed by atoms with van der Waals surface area (Å²) in [4.78, 5) is 26.1. The number of benzene rings is 2. The lowest BCUT2D eigenvalue weighted by atomic mass is 10.2. The van der Waals surface area contributed by atoms with E-state index in [9.17, 15) is 20.3 Å². The van der Waals surface area contributed by atoms with E-state index in [1.807, 2.05) is 28.8 Å². The molecule has 0 spiro atoms. The van der Waals surface area contributed by atoms with Gasteiger partial charge in [0.05, 0.1) is 38.1 Å². The fourth-order valence-electron chi connectivity index (χ4n) is 3.72. The van der Waals surface area contributed by atoms with E-state index in [0.717, 1.165) is 16.9 Å². The molecule has 4 aromatic rings. The van der Waals surface area contributed by atoms with Gasteiger partial charge in [0.25, 0.3) is 5.69 Å². The molecule has 3 N–H and O–H groups in total. The minimum Gasteiger partial charge on any atom is -0.497 e. The number of aromatic nitrogens is 4. The highest BCUT2D eigenvalue weighted by Crippen LogP contribution is 2.25. The first-order chi connectivity index (χ1) is 17.5. The van der Waals surface area contributed by atoms with Gasteiger partial charge < -0.3 is 29.7 Å². The SMILES string of the molecule is COc1ccc(CNc2nc(N(CCO)CCO)nc3c2ncn3Cc2ccc([N+](=O)[O-])cc2)cc1. The number of nitro benzene ring substituents is 1. The zero-order chi connectivity index (χ0) is 25.5. The van der Waals surface area contributed by atoms with Crippen LogP contribution in [0.2, 0.25) is 0 Å². The van der Waals surface area contributed by atoms with Crippen molar-refractivity contribution < 1.29 is 19.9 Å². The highest BCUT2D eigenvalue weighted by atomic mass is 16.6. The standard InChI is InChI=1S/C24H27N7O5/c1-36-20-8-4-17(5-9-20)14-25-22-21-23(28-24(27-22)29(10-12-32)11-13-33)30(16-26-21)15-18-2-6-19(7-3-18)31(34)35/h2-9,16,32-33H,10-15H2,1H3,(H,25,27,28). The average molecular weight is 494 g/mol. The third kappa shape index (κ3) is 5.67. The van der Waals surface area contributed by atoms with Crippen LogP contribution in [-0.2, 0) is 13.1 Å². The van der Waals surface area contributed by atoms with Crippen molar-refractivity contribution >= 4 is 28.6 Å². The first-order valence-corrected chi connectivity index (χ1v) is 11.3. The maximum absolute atomic E-state index is 11.0. The topological polar surface area (TPSA) is 152 Å². The van der Waals surface area contributed by atoms with Crippen molar-refractivity contribution in [2.45, 2.75) is 13.1 Å². The predicted molar refractivity (Wildman–Crippen MR) is 134 cm³/mol. The van der Waals surface area contributed by atoms with E-state index in [-0.39, 0.29) is 32.0 Å². The molecule has 0 aliphatic rings. The van der Waals surface area contributed by atoms with Crippen molar-refractivity contribution in [3.63, 3.8) is 0 Å². The molecule has 0 fully saturated rings. The molecule has 0 saturated carbocycles. The Hall–Kier alpha value is -4.29. The highest BCUT2D eigenvalue weighted by molar-refractivity contribution is 5.84. The quantitative estimate of drug-likeness (QED) is 0.198. The van der Waals surface area contributed by atoms with Gasteiger partial charge in [-0.25, -0.2) is 4.98 Å². The van der Waals surface area contributed by atoms with Crippen LogP contribution in [-0.4, -0.2) is 68.1 Å². The van der Waals surface area contributed by atoms with E-state index in [1.165, 1.54) is 12.1 Å². The smallest absolute Gasteiger partial charge is 0.269 e. The summed E-state index contributed by atoms with van der Waals surface area (Å²) < 4.78 is 7.04. The Morgan fingerprint density at radius 1 is 1.03 bits per heavy atom. The van der Waals surface area contributed by atoms with Gasteiger partial charge in [0, 0.05) is 31.8 Å². The van der Waals surface area contributed by atoms with Crippen LogP contribution in [0.1, 0.15) is 11.1 Å². The lowest BCUT2D eigenvalue weighted by Crippen LogP contribution is -2.31. The first kappa shape index (κ1) is 24.8. The Bertz CT molecular complexity index is 1300. The van der Waals surface area contributed by atoms with Crippen molar-refractivity contribution in [3.05, 3.63) is 76.1 Å². The van der Waals surface area contributed by atoms with Gasteiger partial charge in [0.2, 0.25) is 5.95 Å². The molecule has 2 aromatic carbocycles. The lowest BCUT2D eigenvalue weighted by Gasteiger charge is -2.21. The second kappa shape index (κ2) is 11.4. The summed E-state index contributed by atoms with van der Waals surface area (Å²) in [7, 11) is 1.62. The van der Waals surface area contributed by atoms with Gasteiger partial charge in [-0.3, -0.25) is 10.1 Å². The molecule has 0 amide bonds. The summed E-state index contributed by atoms with van der Waals surface area (Å²) in [6, 6.07) is 14.0. The number of aliphatic hydroxyl groups excluding tert-OH is 2. The number of fused-ring (bicyclic) bond motifs is 1. The van der Waals surface area contributed by atoms with Crippen molar-refractivity contribution in [2.24, 2.45) is 0 Å². The van der Waals surface area contributed by atoms with Crippen LogP contribution in [0.5, 0.6) is 5.75 Å². The zero-order valence-electron chi connectivity index (χ0n) is 19.7. The molecule has 188 valence electrons. The minimum absolute atomic E-state index is 0.0208. The Morgan fingerprint density at radius 3 is 2.31 bits per heavy atom. The number of nitro groups is 1. The van der Waals surface area contributed by atoms with Crippen LogP contribution in [0.4, 0.5) is 17.5 Å². The second-order valence-electron chi connectivity index (χ2n) is 7.98. The number of hydrogen-bond donors (Lipinski definition) is 3. The van der Waals surface area contributed by atoms with Crippen LogP contribution in [0.15, 0.2) is 54.9 Å². The van der Waals surface area contributed by atoms with Crippen LogP contribution >= 0.6 is 0 Å². The molecule has 0 aliphatic carbocycles. The summed E-state index contributed by atoms with van der Waals surface area (Å²) >= 11 is 0. The fraction of sp³-hybridized carbons (Fsp3) is 0.292. The van der Waals surface area contributed by atoms with Gasteiger partial charge in [0.15, 0.2) is 17.0 Å². The molecular weight excluding hydrogens is 466 g/mol. The molecule has 0 bridgehead atoms. The molecule has 12 heteroatoms. The van der Waals surface area contributed by atoms with Gasteiger partial charge in [-0.05, 0) is 23.3 Å². The van der Waals surface area contributed by atoms with Crippen molar-refractivity contribution in [1.82, 2.24) is 19.5 Å². The average Bonchev–Trinajstić information content (AvgIpc) is 3.30. The number of nitrogens with zero attached hydrogens (tertiary/aromatic N) is 6. The summed E-state index contributed by atoms with van der Waals surface area (Å²) in [5.74, 6) is 1.61. The molecule has 12 nitrogen and oxygen atoms in total. The van der Waals surface area contributed by atoms with E-state index >= 15 is 0 Å². The van der Waals surface area contributed by atoms with E-state index < -0.39 is 4.92 Å². The number of ether oxygens (including phenoxy) is 1. The number of rotatable bonds is 12. The number of anilines is 2. The van der Waals surface area contributed by atoms with E-state index in [1.54, 1.807) is 30.5 Å².